The van der Waals surface area contributed by atoms with Crippen molar-refractivity contribution in [3.05, 3.63) is 0 Å². The summed E-state index contributed by atoms with van der Waals surface area (Å²) in [4.78, 5) is 12.1. The van der Waals surface area contributed by atoms with Crippen LogP contribution in [0, 0.1) is 11.8 Å². The monoisotopic (exact) mass is 167 g/mol. The zero-order valence-electron chi connectivity index (χ0n) is 7.08. The van der Waals surface area contributed by atoms with E-state index in [0.717, 1.165) is 39.1 Å². The van der Waals surface area contributed by atoms with Gasteiger partial charge in [0.15, 0.2) is 0 Å². The summed E-state index contributed by atoms with van der Waals surface area (Å²) in [6.45, 7) is 4.27. The van der Waals surface area contributed by atoms with Crippen LogP contribution in [0.1, 0.15) is 6.42 Å². The van der Waals surface area contributed by atoms with Crippen LogP contribution in [0.3, 0.4) is 0 Å². The van der Waals surface area contributed by atoms with Crippen molar-refractivity contribution in [1.82, 2.24) is 4.90 Å². The fourth-order valence-electron chi connectivity index (χ4n) is 1.04. The van der Waals surface area contributed by atoms with Gasteiger partial charge in [0, 0.05) is 13.1 Å². The van der Waals surface area contributed by atoms with Crippen molar-refractivity contribution in [3.63, 3.8) is 0 Å². The molecule has 3 heteroatoms. The van der Waals surface area contributed by atoms with Gasteiger partial charge in [-0.05, 0) is 0 Å². The van der Waals surface area contributed by atoms with E-state index in [1.807, 2.05) is 0 Å². The van der Waals surface area contributed by atoms with E-state index >= 15 is 0 Å². The van der Waals surface area contributed by atoms with E-state index in [4.69, 9.17) is 4.74 Å². The Kier molecular flexibility index (Phi) is 4.43. The predicted molar refractivity (Wildman–Crippen MR) is 45.7 cm³/mol. The minimum atomic E-state index is 0.352. The molecule has 0 atom stereocenters. The number of carbonyl (C=O) groups excluding carboxylic acids is 1. The van der Waals surface area contributed by atoms with Crippen molar-refractivity contribution in [2.24, 2.45) is 0 Å². The highest BCUT2D eigenvalue weighted by Gasteiger charge is 2.07. The molecule has 1 aliphatic heterocycles. The number of ether oxygens (including phenoxy) is 1. The van der Waals surface area contributed by atoms with Gasteiger partial charge in [-0.1, -0.05) is 11.8 Å². The molecule has 0 aliphatic carbocycles. The first-order valence-electron chi connectivity index (χ1n) is 4.13. The summed E-state index contributed by atoms with van der Waals surface area (Å²) < 4.78 is 5.18. The number of hydrogen-bond acceptors (Lipinski definition) is 3. The molecule has 0 radical (unpaired) electrons. The van der Waals surface area contributed by atoms with E-state index in [1.165, 1.54) is 0 Å². The van der Waals surface area contributed by atoms with Gasteiger partial charge in [-0.25, -0.2) is 0 Å². The van der Waals surface area contributed by atoms with Crippen molar-refractivity contribution in [2.45, 2.75) is 6.42 Å². The Bertz CT molecular complexity index is 186. The van der Waals surface area contributed by atoms with Crippen molar-refractivity contribution >= 4 is 6.29 Å². The first kappa shape index (κ1) is 9.24. The van der Waals surface area contributed by atoms with Crippen LogP contribution in [-0.4, -0.2) is 44.0 Å². The maximum Gasteiger partial charge on any atom is 0.131 e. The van der Waals surface area contributed by atoms with Gasteiger partial charge in [-0.2, -0.15) is 0 Å². The third-order valence-corrected chi connectivity index (χ3v) is 1.72. The van der Waals surface area contributed by atoms with Crippen molar-refractivity contribution in [1.29, 1.82) is 0 Å². The normalized spacial score (nSPS) is 18.0. The molecule has 0 aromatic rings. The molecule has 0 spiro atoms. The molecular weight excluding hydrogens is 154 g/mol. The molecule has 12 heavy (non-hydrogen) atoms. The zero-order valence-corrected chi connectivity index (χ0v) is 7.08. The molecule has 3 nitrogen and oxygen atoms in total. The second-order valence-electron chi connectivity index (χ2n) is 2.61. The quantitative estimate of drug-likeness (QED) is 0.425. The Labute approximate surface area is 72.7 Å². The van der Waals surface area contributed by atoms with Crippen LogP contribution in [0.4, 0.5) is 0 Å². The Morgan fingerprint density at radius 1 is 1.33 bits per heavy atom. The van der Waals surface area contributed by atoms with Gasteiger partial charge in [0.05, 0.1) is 26.2 Å². The summed E-state index contributed by atoms with van der Waals surface area (Å²) in [6, 6.07) is 0. The number of carbonyl (C=O) groups is 1. The molecule has 0 bridgehead atoms. The Hall–Kier alpha value is -0.850. The molecule has 1 rings (SSSR count). The lowest BCUT2D eigenvalue weighted by Crippen LogP contribution is -2.36. The molecule has 0 aromatic carbocycles. The van der Waals surface area contributed by atoms with Crippen molar-refractivity contribution in [2.75, 3.05) is 32.8 Å². The second-order valence-corrected chi connectivity index (χ2v) is 2.61. The van der Waals surface area contributed by atoms with E-state index < -0.39 is 0 Å². The lowest BCUT2D eigenvalue weighted by molar-refractivity contribution is -0.107. The van der Waals surface area contributed by atoms with Crippen LogP contribution in [0.25, 0.3) is 0 Å². The lowest BCUT2D eigenvalue weighted by atomic mass is 10.4. The smallest absolute Gasteiger partial charge is 0.131 e. The topological polar surface area (TPSA) is 29.5 Å². The SMILES string of the molecule is O=CCC#CCN1CCOCC1. The molecule has 0 amide bonds. The van der Waals surface area contributed by atoms with Crippen LogP contribution < -0.4 is 0 Å². The third kappa shape index (κ3) is 3.51. The number of morpholine rings is 1. The second kappa shape index (κ2) is 5.76. The van der Waals surface area contributed by atoms with E-state index in [9.17, 15) is 4.79 Å². The van der Waals surface area contributed by atoms with Gasteiger partial charge >= 0.3 is 0 Å². The molecule has 0 unspecified atom stereocenters. The number of rotatable bonds is 2. The van der Waals surface area contributed by atoms with Gasteiger partial charge in [0.2, 0.25) is 0 Å². The van der Waals surface area contributed by atoms with Crippen LogP contribution in [0.2, 0.25) is 0 Å². The van der Waals surface area contributed by atoms with E-state index in [0.29, 0.717) is 6.42 Å². The third-order valence-electron chi connectivity index (χ3n) is 1.72. The zero-order chi connectivity index (χ0) is 8.65. The minimum Gasteiger partial charge on any atom is -0.379 e. The van der Waals surface area contributed by atoms with Crippen LogP contribution in [-0.2, 0) is 9.53 Å². The number of nitrogens with zero attached hydrogens (tertiary/aromatic N) is 1. The molecule has 66 valence electrons. The first-order chi connectivity index (χ1) is 5.93. The molecule has 0 N–H and O–H groups in total. The van der Waals surface area contributed by atoms with Gasteiger partial charge in [-0.15, -0.1) is 0 Å². The van der Waals surface area contributed by atoms with E-state index in [2.05, 4.69) is 16.7 Å². The molecule has 1 heterocycles. The number of hydrogen-bond donors (Lipinski definition) is 0. The highest BCUT2D eigenvalue weighted by atomic mass is 16.5. The molecule has 1 aliphatic rings. The molecule has 1 saturated heterocycles. The van der Waals surface area contributed by atoms with E-state index in [-0.39, 0.29) is 0 Å². The Balaban J connectivity index is 2.13. The Morgan fingerprint density at radius 3 is 2.75 bits per heavy atom. The highest BCUT2D eigenvalue weighted by Crippen LogP contribution is 1.94. The summed E-state index contributed by atoms with van der Waals surface area (Å²) in [5, 5.41) is 0. The predicted octanol–water partition coefficient (Wildman–Crippen LogP) is -0.0890. The maximum atomic E-state index is 9.92. The average molecular weight is 167 g/mol. The van der Waals surface area contributed by atoms with Gasteiger partial charge < -0.3 is 9.53 Å². The highest BCUT2D eigenvalue weighted by molar-refractivity contribution is 5.53. The molecule has 0 aromatic heterocycles. The van der Waals surface area contributed by atoms with Gasteiger partial charge in [0.1, 0.15) is 6.29 Å². The van der Waals surface area contributed by atoms with Gasteiger partial charge in [-0.3, -0.25) is 4.90 Å². The summed E-state index contributed by atoms with van der Waals surface area (Å²) in [6.07, 6.45) is 1.18. The lowest BCUT2D eigenvalue weighted by Gasteiger charge is -2.24. The standard InChI is InChI=1S/C9H13NO2/c11-7-3-1-2-4-10-5-8-12-9-6-10/h7H,3-6,8-9H2. The van der Waals surface area contributed by atoms with Crippen LogP contribution in [0.15, 0.2) is 0 Å². The fraction of sp³-hybridized carbons (Fsp3) is 0.667. The number of aldehydes is 1. The van der Waals surface area contributed by atoms with Crippen molar-refractivity contribution in [3.8, 4) is 11.8 Å². The average Bonchev–Trinajstić information content (AvgIpc) is 2.14. The summed E-state index contributed by atoms with van der Waals surface area (Å²) >= 11 is 0. The molecule has 0 saturated carbocycles. The van der Waals surface area contributed by atoms with Gasteiger partial charge in [0.25, 0.3) is 0 Å². The van der Waals surface area contributed by atoms with Crippen molar-refractivity contribution < 1.29 is 9.53 Å². The van der Waals surface area contributed by atoms with E-state index in [1.54, 1.807) is 0 Å². The molecular formula is C9H13NO2. The summed E-state index contributed by atoms with van der Waals surface area (Å²) in [5.41, 5.74) is 0. The van der Waals surface area contributed by atoms with Crippen LogP contribution in [0.5, 0.6) is 0 Å². The summed E-state index contributed by atoms with van der Waals surface area (Å²) in [5.74, 6) is 5.73. The maximum absolute atomic E-state index is 9.92. The Morgan fingerprint density at radius 2 is 2.08 bits per heavy atom. The molecule has 1 fully saturated rings. The summed E-state index contributed by atoms with van der Waals surface area (Å²) in [7, 11) is 0. The first-order valence-corrected chi connectivity index (χ1v) is 4.13. The largest absolute Gasteiger partial charge is 0.379 e. The van der Waals surface area contributed by atoms with Crippen LogP contribution >= 0.6 is 0 Å². The minimum absolute atomic E-state index is 0.352. The fourth-order valence-corrected chi connectivity index (χ4v) is 1.04.